The highest BCUT2D eigenvalue weighted by Crippen LogP contribution is 2.14. The van der Waals surface area contributed by atoms with E-state index in [1.807, 2.05) is 31.2 Å². The highest BCUT2D eigenvalue weighted by Gasteiger charge is 2.17. The zero-order chi connectivity index (χ0) is 16.7. The predicted molar refractivity (Wildman–Crippen MR) is 81.1 cm³/mol. The molecule has 0 amide bonds. The molecule has 0 saturated heterocycles. The van der Waals surface area contributed by atoms with Gasteiger partial charge >= 0.3 is 11.9 Å². The highest BCUT2D eigenvalue weighted by atomic mass is 16.5. The van der Waals surface area contributed by atoms with Crippen LogP contribution in [0, 0.1) is 6.92 Å². The lowest BCUT2D eigenvalue weighted by Gasteiger charge is -2.07. The first kappa shape index (κ1) is 16.6. The monoisotopic (exact) mass is 318 g/mol. The number of furan rings is 1. The third-order valence-corrected chi connectivity index (χ3v) is 3.10. The fourth-order valence-electron chi connectivity index (χ4n) is 1.84. The molecule has 1 aromatic heterocycles. The summed E-state index contributed by atoms with van der Waals surface area (Å²) >= 11 is 0. The van der Waals surface area contributed by atoms with E-state index in [2.05, 4.69) is 4.74 Å². The van der Waals surface area contributed by atoms with E-state index in [4.69, 9.17) is 13.9 Å². The number of benzene rings is 1. The minimum Gasteiger partial charge on any atom is -0.493 e. The standard InChI is InChI=1S/C17H18O6/c1-12-3-5-14(6-4-12)21-10-8-15(18)23-11-13-7-9-22-16(13)17(19)20-2/h3-7,9H,8,10-11H2,1-2H3. The second-order valence-electron chi connectivity index (χ2n) is 4.84. The molecule has 0 spiro atoms. The van der Waals surface area contributed by atoms with Gasteiger partial charge in [-0.15, -0.1) is 0 Å². The number of methoxy groups -OCH3 is 1. The molecule has 0 bridgehead atoms. The van der Waals surface area contributed by atoms with Gasteiger partial charge in [-0.3, -0.25) is 4.79 Å². The number of ether oxygens (including phenoxy) is 3. The van der Waals surface area contributed by atoms with E-state index in [0.29, 0.717) is 11.3 Å². The Morgan fingerprint density at radius 3 is 2.57 bits per heavy atom. The van der Waals surface area contributed by atoms with Crippen LogP contribution in [0.2, 0.25) is 0 Å². The van der Waals surface area contributed by atoms with E-state index in [1.165, 1.54) is 13.4 Å². The third kappa shape index (κ3) is 4.88. The molecule has 0 aliphatic carbocycles. The van der Waals surface area contributed by atoms with Gasteiger partial charge in [0.25, 0.3) is 0 Å². The lowest BCUT2D eigenvalue weighted by Crippen LogP contribution is -2.11. The van der Waals surface area contributed by atoms with Crippen molar-refractivity contribution < 1.29 is 28.2 Å². The summed E-state index contributed by atoms with van der Waals surface area (Å²) in [5.41, 5.74) is 1.60. The molecular formula is C17H18O6. The van der Waals surface area contributed by atoms with Crippen LogP contribution in [-0.4, -0.2) is 25.7 Å². The highest BCUT2D eigenvalue weighted by molar-refractivity contribution is 5.87. The number of aryl methyl sites for hydroxylation is 1. The summed E-state index contributed by atoms with van der Waals surface area (Å²) in [6.45, 7) is 2.15. The number of hydrogen-bond donors (Lipinski definition) is 0. The largest absolute Gasteiger partial charge is 0.493 e. The molecule has 1 heterocycles. The molecule has 0 unspecified atom stereocenters. The van der Waals surface area contributed by atoms with Crippen molar-refractivity contribution in [3.05, 3.63) is 53.5 Å². The number of carbonyl (C=O) groups excluding carboxylic acids is 2. The average molecular weight is 318 g/mol. The van der Waals surface area contributed by atoms with Crippen molar-refractivity contribution in [2.75, 3.05) is 13.7 Å². The van der Waals surface area contributed by atoms with E-state index in [0.717, 1.165) is 5.56 Å². The number of esters is 2. The first-order valence-corrected chi connectivity index (χ1v) is 7.10. The molecule has 0 fully saturated rings. The number of hydrogen-bond acceptors (Lipinski definition) is 6. The van der Waals surface area contributed by atoms with Crippen LogP contribution >= 0.6 is 0 Å². The first-order chi connectivity index (χ1) is 11.1. The smallest absolute Gasteiger partial charge is 0.374 e. The minimum atomic E-state index is -0.608. The molecule has 122 valence electrons. The van der Waals surface area contributed by atoms with E-state index in [-0.39, 0.29) is 25.4 Å². The van der Waals surface area contributed by atoms with Crippen molar-refractivity contribution in [1.29, 1.82) is 0 Å². The average Bonchev–Trinajstić information content (AvgIpc) is 3.02. The first-order valence-electron chi connectivity index (χ1n) is 7.10. The molecule has 0 aliphatic heterocycles. The summed E-state index contributed by atoms with van der Waals surface area (Å²) < 4.78 is 20.1. The van der Waals surface area contributed by atoms with Gasteiger partial charge in [-0.2, -0.15) is 0 Å². The maximum absolute atomic E-state index is 11.7. The maximum atomic E-state index is 11.7. The Labute approximate surface area is 134 Å². The summed E-state index contributed by atoms with van der Waals surface area (Å²) in [5, 5.41) is 0. The van der Waals surface area contributed by atoms with Crippen molar-refractivity contribution in [1.82, 2.24) is 0 Å². The lowest BCUT2D eigenvalue weighted by molar-refractivity contribution is -0.145. The predicted octanol–water partition coefficient (Wildman–Crippen LogP) is 2.89. The molecule has 0 N–H and O–H groups in total. The van der Waals surface area contributed by atoms with Gasteiger partial charge in [0.15, 0.2) is 0 Å². The quantitative estimate of drug-likeness (QED) is 0.731. The number of carbonyl (C=O) groups is 2. The molecule has 0 radical (unpaired) electrons. The van der Waals surface area contributed by atoms with Crippen LogP contribution in [0.15, 0.2) is 41.0 Å². The van der Waals surface area contributed by atoms with Gasteiger partial charge in [0.2, 0.25) is 5.76 Å². The van der Waals surface area contributed by atoms with Gasteiger partial charge in [0.1, 0.15) is 12.4 Å². The Kier molecular flexibility index (Phi) is 5.80. The van der Waals surface area contributed by atoms with Crippen LogP contribution in [0.1, 0.15) is 28.1 Å². The third-order valence-electron chi connectivity index (χ3n) is 3.10. The molecular weight excluding hydrogens is 300 g/mol. The van der Waals surface area contributed by atoms with Crippen LogP contribution in [-0.2, 0) is 20.9 Å². The summed E-state index contributed by atoms with van der Waals surface area (Å²) in [4.78, 5) is 23.1. The zero-order valence-electron chi connectivity index (χ0n) is 13.0. The van der Waals surface area contributed by atoms with Crippen LogP contribution in [0.3, 0.4) is 0 Å². The summed E-state index contributed by atoms with van der Waals surface area (Å²) in [6, 6.07) is 9.10. The van der Waals surface area contributed by atoms with Crippen LogP contribution in [0.4, 0.5) is 0 Å². The van der Waals surface area contributed by atoms with Crippen molar-refractivity contribution in [3.8, 4) is 5.75 Å². The van der Waals surface area contributed by atoms with Gasteiger partial charge < -0.3 is 18.6 Å². The van der Waals surface area contributed by atoms with E-state index in [9.17, 15) is 9.59 Å². The Morgan fingerprint density at radius 1 is 1.13 bits per heavy atom. The van der Waals surface area contributed by atoms with Crippen LogP contribution < -0.4 is 4.74 Å². The fourth-order valence-corrected chi connectivity index (χ4v) is 1.84. The summed E-state index contributed by atoms with van der Waals surface area (Å²) in [6.07, 6.45) is 1.45. The Balaban J connectivity index is 1.74. The van der Waals surface area contributed by atoms with Crippen molar-refractivity contribution >= 4 is 11.9 Å². The molecule has 0 atom stereocenters. The van der Waals surface area contributed by atoms with E-state index < -0.39 is 11.9 Å². The van der Waals surface area contributed by atoms with Crippen LogP contribution in [0.5, 0.6) is 5.75 Å². The molecule has 6 nitrogen and oxygen atoms in total. The van der Waals surface area contributed by atoms with Crippen molar-refractivity contribution in [2.24, 2.45) is 0 Å². The summed E-state index contributed by atoms with van der Waals surface area (Å²) in [7, 11) is 1.25. The molecule has 2 rings (SSSR count). The Morgan fingerprint density at radius 2 is 1.87 bits per heavy atom. The topological polar surface area (TPSA) is 75.0 Å². The minimum absolute atomic E-state index is 0.0382. The SMILES string of the molecule is COC(=O)c1occc1COC(=O)CCOc1ccc(C)cc1. The molecule has 0 saturated carbocycles. The normalized spacial score (nSPS) is 10.2. The molecule has 0 aliphatic rings. The van der Waals surface area contributed by atoms with Crippen molar-refractivity contribution in [2.45, 2.75) is 20.0 Å². The van der Waals surface area contributed by atoms with Crippen molar-refractivity contribution in [3.63, 3.8) is 0 Å². The van der Waals surface area contributed by atoms with Gasteiger partial charge in [-0.25, -0.2) is 4.79 Å². The molecule has 6 heteroatoms. The van der Waals surface area contributed by atoms with Gasteiger partial charge in [-0.05, 0) is 25.1 Å². The second kappa shape index (κ2) is 8.03. The Bertz CT molecular complexity index is 656. The Hall–Kier alpha value is -2.76. The molecule has 2 aromatic rings. The zero-order valence-corrected chi connectivity index (χ0v) is 13.0. The number of rotatable bonds is 7. The fraction of sp³-hybridized carbons (Fsp3) is 0.294. The molecule has 1 aromatic carbocycles. The lowest BCUT2D eigenvalue weighted by atomic mass is 10.2. The summed E-state index contributed by atoms with van der Waals surface area (Å²) in [5.74, 6) is -0.291. The van der Waals surface area contributed by atoms with Gasteiger partial charge in [-0.1, -0.05) is 17.7 Å². The maximum Gasteiger partial charge on any atom is 0.374 e. The van der Waals surface area contributed by atoms with Gasteiger partial charge in [0.05, 0.1) is 26.4 Å². The molecule has 23 heavy (non-hydrogen) atoms. The second-order valence-corrected chi connectivity index (χ2v) is 4.84. The van der Waals surface area contributed by atoms with E-state index in [1.54, 1.807) is 6.07 Å². The van der Waals surface area contributed by atoms with E-state index >= 15 is 0 Å². The van der Waals surface area contributed by atoms with Crippen LogP contribution in [0.25, 0.3) is 0 Å². The van der Waals surface area contributed by atoms with Gasteiger partial charge in [0, 0.05) is 5.56 Å².